The summed E-state index contributed by atoms with van der Waals surface area (Å²) < 4.78 is 19.4. The van der Waals surface area contributed by atoms with E-state index in [-0.39, 0.29) is 48.2 Å². The van der Waals surface area contributed by atoms with Crippen molar-refractivity contribution >= 4 is 37.8 Å². The number of hydrogen-bond donors (Lipinski definition) is 0. The molecule has 0 saturated carbocycles. The average Bonchev–Trinajstić information content (AvgIpc) is 2.89. The Balaban J connectivity index is 2.05. The van der Waals surface area contributed by atoms with Crippen molar-refractivity contribution < 1.29 is 18.7 Å². The first-order valence-electron chi connectivity index (χ1n) is 6.29. The van der Waals surface area contributed by atoms with Gasteiger partial charge in [-0.25, -0.2) is 0 Å². The van der Waals surface area contributed by atoms with Gasteiger partial charge in [0.25, 0.3) is 0 Å². The van der Waals surface area contributed by atoms with Crippen LogP contribution in [-0.4, -0.2) is 38.2 Å². The number of methoxy groups -OCH3 is 1. The Kier molecular flexibility index (Phi) is 4.03. The predicted octanol–water partition coefficient (Wildman–Crippen LogP) is 2.62. The van der Waals surface area contributed by atoms with E-state index in [4.69, 9.17) is 4.74 Å². The molecule has 0 unspecified atom stereocenters. The Labute approximate surface area is 136 Å². The van der Waals surface area contributed by atoms with Gasteiger partial charge in [-0.2, -0.15) is 0 Å². The summed E-state index contributed by atoms with van der Waals surface area (Å²) in [5.74, 6) is -0.932. The molecular weight excluding hydrogens is 372 g/mol. The van der Waals surface area contributed by atoms with Gasteiger partial charge in [0.05, 0.1) is 0 Å². The number of allylic oxidation sites excluding steroid dienone is 2. The number of fused-ring (bicyclic) bond motifs is 1. The van der Waals surface area contributed by atoms with E-state index in [9.17, 15) is 14.0 Å². The van der Waals surface area contributed by atoms with Crippen LogP contribution < -0.4 is 0 Å². The third-order valence-corrected chi connectivity index (χ3v) is 6.13. The standard InChI is InChI=1S/C15H10FNO3SSe/c1-7-17-10-11(18)13(20-2)14(12(19)15(10)22-7)21-9-5-3-8(16)4-6-9/h3-6H,1-2H3. The molecule has 0 spiro atoms. The number of thioether (sulfide) groups is 1. The molecule has 7 heteroatoms. The zero-order valence-electron chi connectivity index (χ0n) is 11.7. The van der Waals surface area contributed by atoms with E-state index in [2.05, 4.69) is 4.98 Å². The Bertz CT molecular complexity index is 811. The summed E-state index contributed by atoms with van der Waals surface area (Å²) in [6.45, 7) is 1.80. The topological polar surface area (TPSA) is 56.3 Å². The van der Waals surface area contributed by atoms with Gasteiger partial charge in [-0.1, -0.05) is 0 Å². The van der Waals surface area contributed by atoms with E-state index in [1.807, 2.05) is 0 Å². The fourth-order valence-electron chi connectivity index (χ4n) is 2.05. The molecule has 0 atom stereocenters. The van der Waals surface area contributed by atoms with Gasteiger partial charge in [0.2, 0.25) is 0 Å². The fraction of sp³-hybridized carbons (Fsp3) is 0.133. The second-order valence-electron chi connectivity index (χ2n) is 4.49. The number of ketones is 2. The molecule has 22 heavy (non-hydrogen) atoms. The molecule has 4 nitrogen and oxygen atoms in total. The number of rotatable bonds is 3. The molecule has 0 radical (unpaired) electrons. The minimum atomic E-state index is -0.361. The molecule has 2 aromatic rings. The van der Waals surface area contributed by atoms with E-state index in [1.165, 1.54) is 19.2 Å². The first-order valence-corrected chi connectivity index (χ1v) is 8.82. The molecule has 3 rings (SSSR count). The number of aryl methyl sites for hydroxylation is 1. The number of aromatic nitrogens is 1. The quantitative estimate of drug-likeness (QED) is 0.764. The molecule has 1 aliphatic carbocycles. The zero-order chi connectivity index (χ0) is 15.9. The van der Waals surface area contributed by atoms with Crippen LogP contribution in [0.3, 0.4) is 0 Å². The molecule has 0 saturated heterocycles. The van der Waals surface area contributed by atoms with Crippen LogP contribution in [-0.2, 0) is 4.74 Å². The Morgan fingerprint density at radius 2 is 1.86 bits per heavy atom. The number of ether oxygens (including phenoxy) is 1. The predicted molar refractivity (Wildman–Crippen MR) is 80.9 cm³/mol. The van der Waals surface area contributed by atoms with Crippen LogP contribution in [0.2, 0.25) is 0 Å². The van der Waals surface area contributed by atoms with E-state index < -0.39 is 0 Å². The maximum absolute atomic E-state index is 13.0. The Morgan fingerprint density at radius 3 is 2.50 bits per heavy atom. The fourth-order valence-corrected chi connectivity index (χ4v) is 4.98. The van der Waals surface area contributed by atoms with Gasteiger partial charge >= 0.3 is 136 Å². The molecule has 0 amide bonds. The Morgan fingerprint density at radius 1 is 1.18 bits per heavy atom. The van der Waals surface area contributed by atoms with Crippen LogP contribution >= 0.6 is 11.8 Å². The third kappa shape index (κ3) is 2.56. The molecule has 0 fully saturated rings. The Hall–Kier alpha value is -1.69. The molecule has 1 aromatic heterocycles. The summed E-state index contributed by atoms with van der Waals surface area (Å²) in [5, 5.41) is 0. The van der Waals surface area contributed by atoms with Crippen LogP contribution in [0.15, 0.2) is 39.8 Å². The SMILES string of the molecule is COC1=C(Sc2ccc(F)cc2)C(=O)c2[se]c(C)nc2C1=O. The monoisotopic (exact) mass is 383 g/mol. The molecule has 1 heterocycles. The summed E-state index contributed by atoms with van der Waals surface area (Å²) in [5.41, 5.74) is 0.211. The number of Topliss-reactive ketones (excluding diaryl/α,β-unsaturated/α-hetero) is 2. The van der Waals surface area contributed by atoms with Crippen molar-refractivity contribution in [3.63, 3.8) is 0 Å². The third-order valence-electron chi connectivity index (χ3n) is 3.01. The number of hydrogen-bond acceptors (Lipinski definition) is 5. The molecule has 0 N–H and O–H groups in total. The molecular formula is C15H10FNO3SSe. The maximum atomic E-state index is 13.0. The minimum absolute atomic E-state index is 0.00678. The summed E-state index contributed by atoms with van der Waals surface area (Å²) >= 11 is 0.884. The first kappa shape index (κ1) is 15.2. The summed E-state index contributed by atoms with van der Waals surface area (Å²) in [4.78, 5) is 30.1. The number of benzene rings is 1. The molecule has 0 aliphatic heterocycles. The molecule has 0 bridgehead atoms. The van der Waals surface area contributed by atoms with Crippen molar-refractivity contribution in [3.8, 4) is 0 Å². The normalized spacial score (nSPS) is 14.3. The van der Waals surface area contributed by atoms with Crippen LogP contribution in [0.25, 0.3) is 0 Å². The van der Waals surface area contributed by atoms with Crippen LogP contribution in [0.5, 0.6) is 0 Å². The van der Waals surface area contributed by atoms with E-state index in [0.717, 1.165) is 16.3 Å². The van der Waals surface area contributed by atoms with Gasteiger partial charge in [-0.15, -0.1) is 0 Å². The molecule has 1 aliphatic rings. The van der Waals surface area contributed by atoms with Crippen molar-refractivity contribution in [2.75, 3.05) is 7.11 Å². The van der Waals surface area contributed by atoms with Gasteiger partial charge < -0.3 is 0 Å². The van der Waals surface area contributed by atoms with Crippen LogP contribution in [0, 0.1) is 12.7 Å². The van der Waals surface area contributed by atoms with E-state index in [1.54, 1.807) is 19.1 Å². The first-order chi connectivity index (χ1) is 10.5. The average molecular weight is 382 g/mol. The summed E-state index contributed by atoms with van der Waals surface area (Å²) in [7, 11) is 1.36. The van der Waals surface area contributed by atoms with Crippen molar-refractivity contribution in [1.29, 1.82) is 0 Å². The van der Waals surface area contributed by atoms with E-state index >= 15 is 0 Å². The number of nitrogens with zero attached hydrogens (tertiary/aromatic N) is 1. The van der Waals surface area contributed by atoms with Gasteiger partial charge in [-0.3, -0.25) is 0 Å². The van der Waals surface area contributed by atoms with Gasteiger partial charge in [-0.05, 0) is 0 Å². The summed E-state index contributed by atoms with van der Waals surface area (Å²) in [6.07, 6.45) is 0. The molecule has 1 aromatic carbocycles. The van der Waals surface area contributed by atoms with Crippen LogP contribution in [0.4, 0.5) is 4.39 Å². The second kappa shape index (κ2) is 5.83. The van der Waals surface area contributed by atoms with Crippen molar-refractivity contribution in [2.45, 2.75) is 11.8 Å². The summed E-state index contributed by atoms with van der Waals surface area (Å²) in [6, 6.07) is 5.73. The van der Waals surface area contributed by atoms with Crippen molar-refractivity contribution in [1.82, 2.24) is 4.98 Å². The van der Waals surface area contributed by atoms with Gasteiger partial charge in [0.1, 0.15) is 0 Å². The van der Waals surface area contributed by atoms with Crippen molar-refractivity contribution in [3.05, 3.63) is 55.4 Å². The van der Waals surface area contributed by atoms with E-state index in [0.29, 0.717) is 9.33 Å². The van der Waals surface area contributed by atoms with Gasteiger partial charge in [0.15, 0.2) is 0 Å². The van der Waals surface area contributed by atoms with Crippen LogP contribution in [0.1, 0.15) is 24.3 Å². The second-order valence-corrected chi connectivity index (χ2v) is 8.10. The zero-order valence-corrected chi connectivity index (χ0v) is 14.2. The number of carbonyl (C=O) groups excluding carboxylic acids is 2. The van der Waals surface area contributed by atoms with Crippen molar-refractivity contribution in [2.24, 2.45) is 0 Å². The number of halogens is 1. The van der Waals surface area contributed by atoms with Gasteiger partial charge in [0, 0.05) is 0 Å². The number of carbonyl (C=O) groups is 2. The molecule has 112 valence electrons.